The van der Waals surface area contributed by atoms with Gasteiger partial charge >= 0.3 is 6.18 Å². The summed E-state index contributed by atoms with van der Waals surface area (Å²) >= 11 is 0. The largest absolute Gasteiger partial charge is 0.417 e. The van der Waals surface area contributed by atoms with E-state index in [1.165, 1.54) is 0 Å². The molecular formula is C11H17F3OSi. The molecule has 2 aliphatic rings. The van der Waals surface area contributed by atoms with Gasteiger partial charge in [-0.15, -0.1) is 0 Å². The summed E-state index contributed by atoms with van der Waals surface area (Å²) in [4.78, 5) is 0. The molecule has 2 aliphatic carbocycles. The molecule has 0 radical (unpaired) electrons. The van der Waals surface area contributed by atoms with E-state index in [1.807, 2.05) is 19.6 Å². The van der Waals surface area contributed by atoms with Gasteiger partial charge in [0, 0.05) is 11.8 Å². The van der Waals surface area contributed by atoms with Crippen LogP contribution in [-0.4, -0.2) is 20.1 Å². The number of alkyl halides is 3. The predicted octanol–water partition coefficient (Wildman–Crippen LogP) is 3.74. The maximum Gasteiger partial charge on any atom is 0.417 e. The van der Waals surface area contributed by atoms with Crippen molar-refractivity contribution in [2.75, 3.05) is 0 Å². The lowest BCUT2D eigenvalue weighted by molar-refractivity contribution is -0.266. The van der Waals surface area contributed by atoms with Crippen LogP contribution in [0.25, 0.3) is 0 Å². The number of fused-ring (bicyclic) bond motifs is 2. The van der Waals surface area contributed by atoms with E-state index in [4.69, 9.17) is 4.43 Å². The van der Waals surface area contributed by atoms with Gasteiger partial charge in [0.15, 0.2) is 13.9 Å². The smallest absolute Gasteiger partial charge is 0.403 e. The summed E-state index contributed by atoms with van der Waals surface area (Å²) in [6.07, 6.45) is 0.336. The Morgan fingerprint density at radius 1 is 1.12 bits per heavy atom. The molecule has 16 heavy (non-hydrogen) atoms. The van der Waals surface area contributed by atoms with Crippen molar-refractivity contribution in [2.45, 2.75) is 44.3 Å². The first kappa shape index (κ1) is 12.2. The zero-order valence-corrected chi connectivity index (χ0v) is 10.8. The van der Waals surface area contributed by atoms with E-state index >= 15 is 0 Å². The van der Waals surface area contributed by atoms with Crippen LogP contribution in [0.3, 0.4) is 0 Å². The highest BCUT2D eigenvalue weighted by atomic mass is 28.4. The molecule has 2 bridgehead atoms. The third-order valence-electron chi connectivity index (χ3n) is 3.38. The van der Waals surface area contributed by atoms with Crippen molar-refractivity contribution in [3.05, 3.63) is 12.2 Å². The Balaban J connectivity index is 2.37. The van der Waals surface area contributed by atoms with E-state index < -0.39 is 31.9 Å². The Morgan fingerprint density at radius 2 is 1.56 bits per heavy atom. The molecule has 5 heteroatoms. The van der Waals surface area contributed by atoms with Gasteiger partial charge < -0.3 is 4.43 Å². The molecule has 2 rings (SSSR count). The van der Waals surface area contributed by atoms with Crippen molar-refractivity contribution in [3.8, 4) is 0 Å². The van der Waals surface area contributed by atoms with Crippen molar-refractivity contribution >= 4 is 8.32 Å². The fourth-order valence-electron chi connectivity index (χ4n) is 2.95. The Labute approximate surface area is 94.8 Å². The third-order valence-corrected chi connectivity index (χ3v) is 4.33. The summed E-state index contributed by atoms with van der Waals surface area (Å²) < 4.78 is 45.6. The molecule has 0 N–H and O–H groups in total. The van der Waals surface area contributed by atoms with E-state index in [9.17, 15) is 13.2 Å². The van der Waals surface area contributed by atoms with Crippen molar-refractivity contribution < 1.29 is 17.6 Å². The van der Waals surface area contributed by atoms with Crippen molar-refractivity contribution in [3.63, 3.8) is 0 Å². The van der Waals surface area contributed by atoms with Gasteiger partial charge in [-0.3, -0.25) is 0 Å². The van der Waals surface area contributed by atoms with Crippen LogP contribution in [-0.2, 0) is 4.43 Å². The first-order valence-corrected chi connectivity index (χ1v) is 9.03. The number of hydrogen-bond donors (Lipinski definition) is 0. The molecular weight excluding hydrogens is 233 g/mol. The van der Waals surface area contributed by atoms with Crippen LogP contribution in [0.15, 0.2) is 12.2 Å². The topological polar surface area (TPSA) is 9.23 Å². The zero-order valence-electron chi connectivity index (χ0n) is 9.77. The molecule has 1 saturated carbocycles. The third kappa shape index (κ3) is 1.64. The van der Waals surface area contributed by atoms with Crippen LogP contribution >= 0.6 is 0 Å². The average Bonchev–Trinajstić information content (AvgIpc) is 2.57. The van der Waals surface area contributed by atoms with Crippen LogP contribution < -0.4 is 0 Å². The van der Waals surface area contributed by atoms with E-state index in [2.05, 4.69) is 0 Å². The first-order chi connectivity index (χ1) is 7.17. The maximum absolute atomic E-state index is 13.3. The van der Waals surface area contributed by atoms with Crippen LogP contribution in [0.5, 0.6) is 0 Å². The second-order valence-electron chi connectivity index (χ2n) is 5.68. The molecule has 0 aromatic carbocycles. The Bertz CT molecular complexity index is 302. The number of halogens is 3. The zero-order chi connectivity index (χ0) is 12.2. The van der Waals surface area contributed by atoms with Gasteiger partial charge in [0.25, 0.3) is 0 Å². The fourth-order valence-corrected chi connectivity index (χ4v) is 4.38. The highest BCUT2D eigenvalue weighted by Gasteiger charge is 2.68. The molecule has 0 aromatic heterocycles. The lowest BCUT2D eigenvalue weighted by atomic mass is 9.90. The highest BCUT2D eigenvalue weighted by molar-refractivity contribution is 6.69. The average molecular weight is 250 g/mol. The lowest BCUT2D eigenvalue weighted by Crippen LogP contribution is -2.57. The number of rotatable bonds is 2. The highest BCUT2D eigenvalue weighted by Crippen LogP contribution is 2.58. The van der Waals surface area contributed by atoms with Gasteiger partial charge in [-0.05, 0) is 32.5 Å². The van der Waals surface area contributed by atoms with Gasteiger partial charge in [0.1, 0.15) is 0 Å². The molecule has 3 atom stereocenters. The van der Waals surface area contributed by atoms with Crippen LogP contribution in [0.2, 0.25) is 19.6 Å². The van der Waals surface area contributed by atoms with Gasteiger partial charge in [-0.1, -0.05) is 12.2 Å². The van der Waals surface area contributed by atoms with Gasteiger partial charge in [0.2, 0.25) is 0 Å². The van der Waals surface area contributed by atoms with Crippen molar-refractivity contribution in [2.24, 2.45) is 11.8 Å². The SMILES string of the molecule is C[Si](C)(C)OC1(C(F)(F)F)[C@@H]2C=C[C@H]1CC2. The molecule has 0 spiro atoms. The molecule has 1 nitrogen and oxygen atoms in total. The Morgan fingerprint density at radius 3 is 1.81 bits per heavy atom. The molecule has 1 fully saturated rings. The van der Waals surface area contributed by atoms with Crippen LogP contribution in [0, 0.1) is 11.8 Å². The number of hydrogen-bond acceptors (Lipinski definition) is 1. The van der Waals surface area contributed by atoms with Crippen molar-refractivity contribution in [1.82, 2.24) is 0 Å². The predicted molar refractivity (Wildman–Crippen MR) is 58.6 cm³/mol. The summed E-state index contributed by atoms with van der Waals surface area (Å²) in [5.41, 5.74) is -1.91. The lowest BCUT2D eigenvalue weighted by Gasteiger charge is -2.41. The van der Waals surface area contributed by atoms with Crippen molar-refractivity contribution in [1.29, 1.82) is 0 Å². The second kappa shape index (κ2) is 3.35. The quantitative estimate of drug-likeness (QED) is 0.536. The molecule has 0 saturated heterocycles. The molecule has 0 heterocycles. The summed E-state index contributed by atoms with van der Waals surface area (Å²) in [6.45, 7) is 5.45. The first-order valence-electron chi connectivity index (χ1n) is 5.62. The van der Waals surface area contributed by atoms with E-state index in [0.29, 0.717) is 12.8 Å². The van der Waals surface area contributed by atoms with Gasteiger partial charge in [-0.2, -0.15) is 13.2 Å². The second-order valence-corrected chi connectivity index (χ2v) is 10.1. The fraction of sp³-hybridized carbons (Fsp3) is 0.818. The molecule has 92 valence electrons. The normalized spacial score (nSPS) is 38.4. The summed E-state index contributed by atoms with van der Waals surface area (Å²) in [5, 5.41) is 0. The monoisotopic (exact) mass is 250 g/mol. The molecule has 0 aromatic rings. The van der Waals surface area contributed by atoms with E-state index in [-0.39, 0.29) is 0 Å². The minimum Gasteiger partial charge on any atom is -0.403 e. The van der Waals surface area contributed by atoms with Crippen LogP contribution in [0.1, 0.15) is 12.8 Å². The summed E-state index contributed by atoms with van der Waals surface area (Å²) in [5.74, 6) is -0.937. The van der Waals surface area contributed by atoms with E-state index in [1.54, 1.807) is 12.2 Å². The Hall–Kier alpha value is -0.293. The molecule has 0 amide bonds. The Kier molecular flexibility index (Phi) is 2.55. The summed E-state index contributed by atoms with van der Waals surface area (Å²) in [6, 6.07) is 0. The molecule has 0 aliphatic heterocycles. The standard InChI is InChI=1S/C11H17F3OSi/c1-16(2,3)15-10(11(12,13)14)8-4-5-9(10)7-6-8/h4-5,8-9H,6-7H2,1-3H3/t8-,9+,10?. The van der Waals surface area contributed by atoms with Crippen LogP contribution in [0.4, 0.5) is 13.2 Å². The van der Waals surface area contributed by atoms with Gasteiger partial charge in [-0.25, -0.2) is 0 Å². The summed E-state index contributed by atoms with van der Waals surface area (Å²) in [7, 11) is -2.21. The minimum atomic E-state index is -4.26. The van der Waals surface area contributed by atoms with E-state index in [0.717, 1.165) is 0 Å². The molecule has 1 unspecified atom stereocenters. The maximum atomic E-state index is 13.3. The minimum absolute atomic E-state index is 0.468. The van der Waals surface area contributed by atoms with Gasteiger partial charge in [0.05, 0.1) is 0 Å².